The summed E-state index contributed by atoms with van der Waals surface area (Å²) in [6.07, 6.45) is 3.70. The molecule has 0 saturated heterocycles. The Morgan fingerprint density at radius 1 is 0.950 bits per heavy atom. The highest BCUT2D eigenvalue weighted by atomic mass is 32.1. The molecule has 0 fully saturated rings. The molecule has 1 aliphatic carbocycles. The summed E-state index contributed by atoms with van der Waals surface area (Å²) in [7, 11) is 0. The van der Waals surface area contributed by atoms with Crippen molar-refractivity contribution in [2.75, 3.05) is 0 Å². The van der Waals surface area contributed by atoms with Crippen LogP contribution >= 0.6 is 0 Å². The maximum atomic E-state index is 8.29. The first-order valence-corrected chi connectivity index (χ1v) is 7.86. The fraction of sp³-hybridized carbons (Fsp3) is 0.529. The number of rotatable bonds is 1. The van der Waals surface area contributed by atoms with E-state index in [4.69, 9.17) is 8.42 Å². The molecule has 1 aromatic rings. The van der Waals surface area contributed by atoms with Gasteiger partial charge in [0.1, 0.15) is 0 Å². The highest BCUT2D eigenvalue weighted by Crippen LogP contribution is 2.40. The quantitative estimate of drug-likeness (QED) is 0.771. The van der Waals surface area contributed by atoms with Crippen LogP contribution in [0.25, 0.3) is 5.57 Å². The second kappa shape index (κ2) is 8.15. The Morgan fingerprint density at radius 2 is 1.50 bits per heavy atom. The van der Waals surface area contributed by atoms with E-state index in [0.29, 0.717) is 5.92 Å². The van der Waals surface area contributed by atoms with Gasteiger partial charge in [0, 0.05) is 0 Å². The smallest absolute Gasteiger partial charge is 0.168 e. The highest BCUT2D eigenvalue weighted by molar-refractivity contribution is 7.51. The highest BCUT2D eigenvalue weighted by Gasteiger charge is 2.28. The predicted molar refractivity (Wildman–Crippen MR) is 84.6 cm³/mol. The van der Waals surface area contributed by atoms with E-state index < -0.39 is 11.6 Å². The average molecular weight is 292 g/mol. The lowest BCUT2D eigenvalue weighted by Crippen LogP contribution is -2.20. The molecule has 0 saturated carbocycles. The van der Waals surface area contributed by atoms with Gasteiger partial charge in [-0.25, -0.2) is 0 Å². The van der Waals surface area contributed by atoms with Crippen LogP contribution in [0.2, 0.25) is 0 Å². The van der Waals surface area contributed by atoms with E-state index in [9.17, 15) is 0 Å². The van der Waals surface area contributed by atoms with Crippen LogP contribution in [-0.4, -0.2) is 8.42 Å². The summed E-state index contributed by atoms with van der Waals surface area (Å²) in [6, 6.07) is 10.9. The molecule has 1 aromatic carbocycles. The maximum Gasteiger partial charge on any atom is 0.335 e. The van der Waals surface area contributed by atoms with Gasteiger partial charge in [0.2, 0.25) is 0 Å². The SMILES string of the molecule is C[C@H]1[C@H](C)[C@H](C)C(c2ccccc2)=CC[C@H]1C.O=S=O. The molecule has 0 heterocycles. The van der Waals surface area contributed by atoms with Crippen molar-refractivity contribution in [1.82, 2.24) is 0 Å². The van der Waals surface area contributed by atoms with E-state index >= 15 is 0 Å². The topological polar surface area (TPSA) is 34.1 Å². The third-order valence-electron chi connectivity index (χ3n) is 4.82. The molecule has 20 heavy (non-hydrogen) atoms. The number of allylic oxidation sites excluding steroid dienone is 2. The number of benzene rings is 1. The van der Waals surface area contributed by atoms with E-state index in [1.54, 1.807) is 5.57 Å². The Bertz CT molecular complexity index is 475. The Balaban J connectivity index is 0.000000612. The molecular weight excluding hydrogens is 268 g/mol. The van der Waals surface area contributed by atoms with Crippen LogP contribution in [-0.2, 0) is 11.6 Å². The lowest BCUT2D eigenvalue weighted by Gasteiger charge is -2.28. The first kappa shape index (κ1) is 16.8. The van der Waals surface area contributed by atoms with Gasteiger partial charge in [0.05, 0.1) is 0 Å². The lowest BCUT2D eigenvalue weighted by molar-refractivity contribution is 0.252. The fourth-order valence-corrected chi connectivity index (χ4v) is 2.98. The largest absolute Gasteiger partial charge is 0.335 e. The minimum Gasteiger partial charge on any atom is -0.168 e. The third-order valence-corrected chi connectivity index (χ3v) is 4.82. The molecule has 110 valence electrons. The van der Waals surface area contributed by atoms with Crippen molar-refractivity contribution < 1.29 is 8.42 Å². The third kappa shape index (κ3) is 4.14. The molecule has 0 unspecified atom stereocenters. The summed E-state index contributed by atoms with van der Waals surface area (Å²) in [4.78, 5) is 0. The van der Waals surface area contributed by atoms with E-state index in [1.165, 1.54) is 12.0 Å². The standard InChI is InChI=1S/C17H24.O2S/c1-12-10-11-17(15(4)14(3)13(12)2)16-8-6-5-7-9-16;1-3-2/h5-9,11-15H,10H2,1-4H3;/t12-,13-,14+,15+;/m1./s1. The molecule has 2 nitrogen and oxygen atoms in total. The van der Waals surface area contributed by atoms with Crippen LogP contribution < -0.4 is 0 Å². The van der Waals surface area contributed by atoms with E-state index in [1.807, 2.05) is 0 Å². The number of hydrogen-bond acceptors (Lipinski definition) is 2. The number of hydrogen-bond donors (Lipinski definition) is 0. The van der Waals surface area contributed by atoms with Gasteiger partial charge >= 0.3 is 11.6 Å². The first-order valence-electron chi connectivity index (χ1n) is 7.20. The van der Waals surface area contributed by atoms with Gasteiger partial charge in [-0.1, -0.05) is 64.1 Å². The van der Waals surface area contributed by atoms with Crippen LogP contribution in [0, 0.1) is 23.7 Å². The van der Waals surface area contributed by atoms with Gasteiger partial charge in [-0.15, -0.1) is 0 Å². The van der Waals surface area contributed by atoms with Gasteiger partial charge in [-0.05, 0) is 41.2 Å². The normalized spacial score (nSPS) is 29.5. The average Bonchev–Trinajstić information content (AvgIpc) is 2.55. The molecule has 0 N–H and O–H groups in total. The van der Waals surface area contributed by atoms with Crippen molar-refractivity contribution in [2.24, 2.45) is 23.7 Å². The molecule has 0 aliphatic heterocycles. The van der Waals surface area contributed by atoms with Crippen LogP contribution in [0.4, 0.5) is 0 Å². The summed E-state index contributed by atoms with van der Waals surface area (Å²) in [5.41, 5.74) is 2.96. The zero-order valence-electron chi connectivity index (χ0n) is 12.7. The second-order valence-electron chi connectivity index (χ2n) is 5.81. The molecule has 1 aliphatic rings. The van der Waals surface area contributed by atoms with Crippen LogP contribution in [0.3, 0.4) is 0 Å². The zero-order valence-corrected chi connectivity index (χ0v) is 13.5. The van der Waals surface area contributed by atoms with Crippen molar-refractivity contribution in [1.29, 1.82) is 0 Å². The minimum absolute atomic E-state index is 0.664. The lowest BCUT2D eigenvalue weighted by atomic mass is 9.77. The van der Waals surface area contributed by atoms with Crippen LogP contribution in [0.1, 0.15) is 39.7 Å². The maximum absolute atomic E-state index is 8.29. The van der Waals surface area contributed by atoms with Gasteiger partial charge in [-0.3, -0.25) is 0 Å². The molecule has 0 amide bonds. The molecule has 0 bridgehead atoms. The van der Waals surface area contributed by atoms with Gasteiger partial charge in [0.15, 0.2) is 0 Å². The molecule has 0 radical (unpaired) electrons. The molecule has 2 rings (SSSR count). The molecule has 4 atom stereocenters. The summed E-state index contributed by atoms with van der Waals surface area (Å²) in [5, 5.41) is 0. The zero-order chi connectivity index (χ0) is 15.1. The van der Waals surface area contributed by atoms with E-state index in [2.05, 4.69) is 64.1 Å². The minimum atomic E-state index is -0.750. The fourth-order valence-electron chi connectivity index (χ4n) is 2.98. The van der Waals surface area contributed by atoms with Gasteiger partial charge in [-0.2, -0.15) is 8.42 Å². The molecule has 3 heteroatoms. The molecule has 0 aromatic heterocycles. The Labute approximate surface area is 125 Å². The Hall–Kier alpha value is -1.22. The van der Waals surface area contributed by atoms with E-state index in [-0.39, 0.29) is 0 Å². The molecular formula is C17H24O2S. The summed E-state index contributed by atoms with van der Waals surface area (Å²) in [6.45, 7) is 9.60. The van der Waals surface area contributed by atoms with Crippen molar-refractivity contribution in [2.45, 2.75) is 34.1 Å². The van der Waals surface area contributed by atoms with Crippen LogP contribution in [0.5, 0.6) is 0 Å². The summed E-state index contributed by atoms with van der Waals surface area (Å²) >= 11 is -0.750. The van der Waals surface area contributed by atoms with Crippen molar-refractivity contribution >= 4 is 17.1 Å². The first-order chi connectivity index (χ1) is 9.52. The van der Waals surface area contributed by atoms with Gasteiger partial charge in [0.25, 0.3) is 0 Å². The monoisotopic (exact) mass is 292 g/mol. The summed E-state index contributed by atoms with van der Waals surface area (Å²) in [5.74, 6) is 3.03. The van der Waals surface area contributed by atoms with Crippen molar-refractivity contribution in [3.63, 3.8) is 0 Å². The van der Waals surface area contributed by atoms with Crippen molar-refractivity contribution in [3.8, 4) is 0 Å². The Morgan fingerprint density at radius 3 is 2.05 bits per heavy atom. The van der Waals surface area contributed by atoms with Crippen molar-refractivity contribution in [3.05, 3.63) is 42.0 Å². The second-order valence-corrected chi connectivity index (χ2v) is 5.95. The summed E-state index contributed by atoms with van der Waals surface area (Å²) < 4.78 is 16.6. The predicted octanol–water partition coefficient (Wildman–Crippen LogP) is 4.35. The molecule has 0 spiro atoms. The van der Waals surface area contributed by atoms with E-state index in [0.717, 1.165) is 17.8 Å². The van der Waals surface area contributed by atoms with Gasteiger partial charge < -0.3 is 0 Å². The Kier molecular flexibility index (Phi) is 6.86. The van der Waals surface area contributed by atoms with Crippen LogP contribution in [0.15, 0.2) is 36.4 Å².